The van der Waals surface area contributed by atoms with Gasteiger partial charge >= 0.3 is 0 Å². The summed E-state index contributed by atoms with van der Waals surface area (Å²) in [5.74, 6) is -0.0625. The van der Waals surface area contributed by atoms with Gasteiger partial charge in [0.2, 0.25) is 0 Å². The average molecular weight is 787 g/mol. The van der Waals surface area contributed by atoms with Crippen LogP contribution in [0, 0.1) is 6.07 Å². The van der Waals surface area contributed by atoms with E-state index in [1.54, 1.807) is 0 Å². The van der Waals surface area contributed by atoms with Crippen LogP contribution >= 0.6 is 0 Å². The molecule has 1 aromatic heterocycles. The van der Waals surface area contributed by atoms with Crippen LogP contribution in [0.3, 0.4) is 0 Å². The fraction of sp³-hybridized carbons (Fsp3) is 0.200. The third kappa shape index (κ3) is 7.33. The van der Waals surface area contributed by atoms with Crippen LogP contribution in [0.15, 0.2) is 109 Å². The molecule has 4 aromatic carbocycles. The molecular weight excluding hydrogens is 747 g/mol. The molecule has 0 saturated heterocycles. The van der Waals surface area contributed by atoms with Gasteiger partial charge < -0.3 is 5.11 Å². The van der Waals surface area contributed by atoms with Crippen molar-refractivity contribution in [2.75, 3.05) is 0 Å². The largest absolute Gasteiger partial charge is 0.512 e. The van der Waals surface area contributed by atoms with Gasteiger partial charge in [-0.15, -0.1) is 23.8 Å². The minimum Gasteiger partial charge on any atom is -0.512 e. The van der Waals surface area contributed by atoms with Crippen LogP contribution in [0.2, 0.25) is 19.6 Å². The van der Waals surface area contributed by atoms with Gasteiger partial charge in [0, 0.05) is 38.1 Å². The van der Waals surface area contributed by atoms with Gasteiger partial charge in [-0.1, -0.05) is 140 Å². The van der Waals surface area contributed by atoms with Crippen LogP contribution < -0.4 is 5.19 Å². The molecule has 1 radical (unpaired) electrons. The van der Waals surface area contributed by atoms with Crippen molar-refractivity contribution in [2.24, 2.45) is 0 Å². The fourth-order valence-corrected chi connectivity index (χ4v) is 7.21. The number of pyridine rings is 1. The molecule has 1 heterocycles. The van der Waals surface area contributed by atoms with Crippen LogP contribution in [0.5, 0.6) is 0 Å². The Labute approximate surface area is 282 Å². The Morgan fingerprint density at radius 2 is 1.49 bits per heavy atom. The van der Waals surface area contributed by atoms with E-state index in [0.29, 0.717) is 0 Å². The normalized spacial score (nSPS) is 13.7. The number of aliphatic hydroxyl groups is 1. The molecule has 3 nitrogen and oxygen atoms in total. The van der Waals surface area contributed by atoms with E-state index in [-0.39, 0.29) is 37.1 Å². The van der Waals surface area contributed by atoms with Crippen LogP contribution in [0.4, 0.5) is 0 Å². The minimum absolute atomic E-state index is 0. The Bertz CT molecular complexity index is 1900. The molecular formula is C40H40IrNO2Si-. The number of benzene rings is 4. The van der Waals surface area contributed by atoms with Gasteiger partial charge in [-0.3, -0.25) is 9.78 Å². The summed E-state index contributed by atoms with van der Waals surface area (Å²) < 4.78 is 0. The van der Waals surface area contributed by atoms with Crippen molar-refractivity contribution < 1.29 is 30.0 Å². The van der Waals surface area contributed by atoms with E-state index in [9.17, 15) is 4.79 Å². The molecule has 231 valence electrons. The third-order valence-corrected chi connectivity index (χ3v) is 10.2. The van der Waals surface area contributed by atoms with E-state index in [1.807, 2.05) is 6.20 Å². The predicted octanol–water partition coefficient (Wildman–Crippen LogP) is 9.78. The number of hydrogen-bond donors (Lipinski definition) is 1. The molecule has 5 aromatic rings. The topological polar surface area (TPSA) is 50.2 Å². The molecule has 0 saturated carbocycles. The number of carbonyl (C=O) groups is 1. The van der Waals surface area contributed by atoms with Gasteiger partial charge in [-0.05, 0) is 47.2 Å². The summed E-state index contributed by atoms with van der Waals surface area (Å²) in [6.07, 6.45) is 5.46. The molecule has 1 aliphatic rings. The van der Waals surface area contributed by atoms with Gasteiger partial charge in [-0.2, -0.15) is 0 Å². The summed E-state index contributed by atoms with van der Waals surface area (Å²) in [7, 11) is -1.41. The summed E-state index contributed by atoms with van der Waals surface area (Å²) in [5.41, 5.74) is 9.49. The number of fused-ring (bicyclic) bond motifs is 2. The molecule has 0 spiro atoms. The van der Waals surface area contributed by atoms with E-state index in [2.05, 4.69) is 137 Å². The minimum atomic E-state index is -1.41. The monoisotopic (exact) mass is 787 g/mol. The molecule has 1 aliphatic carbocycles. The molecule has 6 rings (SSSR count). The first-order valence-corrected chi connectivity index (χ1v) is 18.6. The number of aromatic nitrogens is 1. The second-order valence-corrected chi connectivity index (χ2v) is 18.1. The fourth-order valence-electron chi connectivity index (χ4n) is 6.03. The molecule has 0 fully saturated rings. The second-order valence-electron chi connectivity index (χ2n) is 13.0. The molecule has 45 heavy (non-hydrogen) atoms. The number of nitrogens with zero attached hydrogens (tertiary/aromatic N) is 1. The summed E-state index contributed by atoms with van der Waals surface area (Å²) in [4.78, 5) is 14.9. The standard InChI is InChI=1S/C35H32NSi.C5H8O2.Ir/c1-35(2)32(25-14-10-7-11-15-25)23-27-20-28(22-31(33(27)35)24-12-8-6-9-13-24)34-30-17-16-29(37(3,4)5)21-26(30)18-19-36-34;1-4(6)3-5(2)7;/h6-19,21-23H,1-5H3;3,6H,1-2H3;/q-1;;/b;4-3-;. The second kappa shape index (κ2) is 13.6. The summed E-state index contributed by atoms with van der Waals surface area (Å²) in [6, 6.07) is 36.7. The number of rotatable bonds is 5. The van der Waals surface area contributed by atoms with Crippen molar-refractivity contribution in [3.63, 3.8) is 0 Å². The molecule has 0 atom stereocenters. The molecule has 5 heteroatoms. The van der Waals surface area contributed by atoms with Crippen molar-refractivity contribution in [1.82, 2.24) is 4.98 Å². The number of allylic oxidation sites excluding steroid dienone is 3. The smallest absolute Gasteiger partial charge is 0.155 e. The average Bonchev–Trinajstić information content (AvgIpc) is 3.26. The first-order valence-electron chi connectivity index (χ1n) is 15.1. The van der Waals surface area contributed by atoms with Crippen molar-refractivity contribution in [3.05, 3.63) is 132 Å². The predicted molar refractivity (Wildman–Crippen MR) is 189 cm³/mol. The van der Waals surface area contributed by atoms with Crippen LogP contribution in [0.1, 0.15) is 44.4 Å². The number of hydrogen-bond acceptors (Lipinski definition) is 3. The Morgan fingerprint density at radius 1 is 0.867 bits per heavy atom. The molecule has 0 aliphatic heterocycles. The van der Waals surface area contributed by atoms with E-state index >= 15 is 0 Å². The zero-order valence-corrected chi connectivity index (χ0v) is 30.4. The van der Waals surface area contributed by atoms with Crippen molar-refractivity contribution in [2.45, 2.75) is 52.8 Å². The zero-order valence-electron chi connectivity index (χ0n) is 27.0. The van der Waals surface area contributed by atoms with E-state index in [4.69, 9.17) is 10.1 Å². The quantitative estimate of drug-likeness (QED) is 0.0836. The van der Waals surface area contributed by atoms with Crippen LogP contribution in [0.25, 0.3) is 44.8 Å². The Morgan fingerprint density at radius 3 is 2.04 bits per heavy atom. The Kier molecular flexibility index (Phi) is 10.3. The van der Waals surface area contributed by atoms with Crippen LogP contribution in [-0.4, -0.2) is 23.9 Å². The van der Waals surface area contributed by atoms with E-state index < -0.39 is 8.07 Å². The van der Waals surface area contributed by atoms with Gasteiger partial charge in [-0.25, -0.2) is 0 Å². The summed E-state index contributed by atoms with van der Waals surface area (Å²) in [6.45, 7) is 14.7. The first kappa shape index (κ1) is 34.0. The maximum atomic E-state index is 10.0. The Hall–Kier alpha value is -3.89. The first-order chi connectivity index (χ1) is 20.9. The third-order valence-electron chi connectivity index (χ3n) is 8.15. The number of aliphatic hydroxyl groups excluding tert-OH is 1. The van der Waals surface area contributed by atoms with Crippen molar-refractivity contribution in [3.8, 4) is 22.4 Å². The SMILES string of the molecule is CC(=O)/C=C(/C)O.CC1(C)C(c2ccccc2)=Cc2[c-]c(-c3nccc4cc([Si](C)(C)C)ccc34)cc(-c3ccccc3)c21.[Ir]. The van der Waals surface area contributed by atoms with E-state index in [1.165, 1.54) is 63.7 Å². The van der Waals surface area contributed by atoms with Gasteiger partial charge in [0.25, 0.3) is 0 Å². The molecule has 0 unspecified atom stereocenters. The van der Waals surface area contributed by atoms with Gasteiger partial charge in [0.15, 0.2) is 5.78 Å². The maximum Gasteiger partial charge on any atom is 0.155 e. The van der Waals surface area contributed by atoms with Crippen molar-refractivity contribution >= 4 is 41.5 Å². The molecule has 0 bridgehead atoms. The number of carbonyl (C=O) groups excluding carboxylic acids is 1. The van der Waals surface area contributed by atoms with Crippen molar-refractivity contribution in [1.29, 1.82) is 0 Å². The summed E-state index contributed by atoms with van der Waals surface area (Å²) >= 11 is 0. The zero-order chi connectivity index (χ0) is 31.6. The maximum absolute atomic E-state index is 10.0. The number of ketones is 1. The molecule has 1 N–H and O–H groups in total. The molecule has 0 amide bonds. The van der Waals surface area contributed by atoms with Gasteiger partial charge in [0.1, 0.15) is 0 Å². The van der Waals surface area contributed by atoms with Crippen LogP contribution in [-0.2, 0) is 30.3 Å². The Balaban J connectivity index is 0.000000519. The summed E-state index contributed by atoms with van der Waals surface area (Å²) in [5, 5.41) is 12.3. The van der Waals surface area contributed by atoms with Gasteiger partial charge in [0.05, 0.1) is 13.8 Å². The van der Waals surface area contributed by atoms with E-state index in [0.717, 1.165) is 16.8 Å².